The maximum atomic E-state index is 13.8. The Labute approximate surface area is 107 Å². The number of rotatable bonds is 2. The smallest absolute Gasteiger partial charge is 0.146 e. The lowest BCUT2D eigenvalue weighted by atomic mass is 10.2. The molecule has 94 valence electrons. The van der Waals surface area contributed by atoms with Crippen LogP contribution in [0.3, 0.4) is 0 Å². The van der Waals surface area contributed by atoms with Gasteiger partial charge in [0.05, 0.1) is 5.02 Å². The molecule has 0 aromatic heterocycles. The summed E-state index contributed by atoms with van der Waals surface area (Å²) < 4.78 is 13.8. The lowest BCUT2D eigenvalue weighted by Gasteiger charge is -2.22. The summed E-state index contributed by atoms with van der Waals surface area (Å²) in [7, 11) is 0. The summed E-state index contributed by atoms with van der Waals surface area (Å²) in [5.74, 6) is -0.279. The minimum absolute atomic E-state index is 0.212. The van der Waals surface area contributed by atoms with Crippen molar-refractivity contribution in [2.45, 2.75) is 25.9 Å². The third-order valence-corrected chi connectivity index (χ3v) is 3.39. The fourth-order valence-corrected chi connectivity index (χ4v) is 2.44. The van der Waals surface area contributed by atoms with Crippen molar-refractivity contribution in [3.63, 3.8) is 0 Å². The number of hydrogen-bond acceptors (Lipinski definition) is 2. The van der Waals surface area contributed by atoms with Gasteiger partial charge in [-0.1, -0.05) is 23.7 Å². The van der Waals surface area contributed by atoms with E-state index in [4.69, 9.17) is 11.6 Å². The molecular formula is C13H18ClFN2. The van der Waals surface area contributed by atoms with Crippen molar-refractivity contribution in [3.05, 3.63) is 34.6 Å². The zero-order chi connectivity index (χ0) is 12.3. The van der Waals surface area contributed by atoms with Crippen LogP contribution in [0.5, 0.6) is 0 Å². The molecule has 1 unspecified atom stereocenters. The molecule has 1 heterocycles. The predicted molar refractivity (Wildman–Crippen MR) is 68.8 cm³/mol. The van der Waals surface area contributed by atoms with Gasteiger partial charge in [0.2, 0.25) is 0 Å². The molecule has 1 fully saturated rings. The first-order valence-electron chi connectivity index (χ1n) is 6.05. The van der Waals surface area contributed by atoms with E-state index >= 15 is 0 Å². The number of hydrogen-bond donors (Lipinski definition) is 1. The predicted octanol–water partition coefficient (Wildman–Crippen LogP) is 2.66. The van der Waals surface area contributed by atoms with Gasteiger partial charge in [-0.2, -0.15) is 0 Å². The molecule has 17 heavy (non-hydrogen) atoms. The van der Waals surface area contributed by atoms with Crippen LogP contribution in [0.1, 0.15) is 18.9 Å². The SMILES string of the molecule is CC1CN(Cc2cccc(Cl)c2F)CCCN1. The summed E-state index contributed by atoms with van der Waals surface area (Å²) in [6.45, 7) is 5.79. The molecule has 0 aliphatic carbocycles. The highest BCUT2D eigenvalue weighted by molar-refractivity contribution is 6.30. The van der Waals surface area contributed by atoms with E-state index in [9.17, 15) is 4.39 Å². The fourth-order valence-electron chi connectivity index (χ4n) is 2.25. The number of halogens is 2. The second kappa shape index (κ2) is 5.80. The molecule has 0 radical (unpaired) electrons. The Morgan fingerprint density at radius 3 is 3.18 bits per heavy atom. The van der Waals surface area contributed by atoms with E-state index in [0.29, 0.717) is 18.2 Å². The molecule has 1 N–H and O–H groups in total. The van der Waals surface area contributed by atoms with Crippen molar-refractivity contribution in [3.8, 4) is 0 Å². The first kappa shape index (κ1) is 12.8. The molecule has 1 aromatic carbocycles. The Hall–Kier alpha value is -0.640. The molecule has 0 spiro atoms. The molecule has 1 saturated heterocycles. The largest absolute Gasteiger partial charge is 0.313 e. The van der Waals surface area contributed by atoms with Crippen LogP contribution in [-0.2, 0) is 6.54 Å². The topological polar surface area (TPSA) is 15.3 Å². The average molecular weight is 257 g/mol. The van der Waals surface area contributed by atoms with Crippen LogP contribution in [0.2, 0.25) is 5.02 Å². The molecular weight excluding hydrogens is 239 g/mol. The van der Waals surface area contributed by atoms with Gasteiger partial charge in [-0.3, -0.25) is 4.90 Å². The molecule has 2 rings (SSSR count). The van der Waals surface area contributed by atoms with Crippen molar-refractivity contribution in [1.29, 1.82) is 0 Å². The molecule has 0 saturated carbocycles. The van der Waals surface area contributed by atoms with Gasteiger partial charge < -0.3 is 5.32 Å². The van der Waals surface area contributed by atoms with Crippen LogP contribution < -0.4 is 5.32 Å². The van der Waals surface area contributed by atoms with Crippen LogP contribution in [0.25, 0.3) is 0 Å². The molecule has 1 aromatic rings. The maximum absolute atomic E-state index is 13.8. The van der Waals surface area contributed by atoms with Gasteiger partial charge in [0.25, 0.3) is 0 Å². The molecule has 4 heteroatoms. The first-order chi connectivity index (χ1) is 8.16. The Bertz CT molecular complexity index is 384. The van der Waals surface area contributed by atoms with Gasteiger partial charge in [-0.05, 0) is 32.5 Å². The van der Waals surface area contributed by atoms with E-state index in [2.05, 4.69) is 17.1 Å². The van der Waals surface area contributed by atoms with Crippen molar-refractivity contribution in [1.82, 2.24) is 10.2 Å². The monoisotopic (exact) mass is 256 g/mol. The zero-order valence-electron chi connectivity index (χ0n) is 10.0. The number of nitrogens with one attached hydrogen (secondary N) is 1. The lowest BCUT2D eigenvalue weighted by molar-refractivity contribution is 0.261. The van der Waals surface area contributed by atoms with E-state index in [1.54, 1.807) is 12.1 Å². The number of nitrogens with zero attached hydrogens (tertiary/aromatic N) is 1. The van der Waals surface area contributed by atoms with Gasteiger partial charge >= 0.3 is 0 Å². The minimum atomic E-state index is -0.279. The lowest BCUT2D eigenvalue weighted by Crippen LogP contribution is -2.35. The van der Waals surface area contributed by atoms with Gasteiger partial charge in [0.15, 0.2) is 0 Å². The third kappa shape index (κ3) is 3.41. The van der Waals surface area contributed by atoms with Crippen LogP contribution in [0, 0.1) is 5.82 Å². The average Bonchev–Trinajstić information content (AvgIpc) is 2.49. The third-order valence-electron chi connectivity index (χ3n) is 3.10. The zero-order valence-corrected chi connectivity index (χ0v) is 10.8. The normalized spacial score (nSPS) is 22.4. The molecule has 1 atom stereocenters. The Balaban J connectivity index is 2.06. The summed E-state index contributed by atoms with van der Waals surface area (Å²) in [6.07, 6.45) is 1.10. The highest BCUT2D eigenvalue weighted by Crippen LogP contribution is 2.19. The summed E-state index contributed by atoms with van der Waals surface area (Å²) in [5.41, 5.74) is 0.687. The fraction of sp³-hybridized carbons (Fsp3) is 0.538. The van der Waals surface area contributed by atoms with E-state index in [-0.39, 0.29) is 10.8 Å². The quantitative estimate of drug-likeness (QED) is 0.875. The first-order valence-corrected chi connectivity index (χ1v) is 6.43. The van der Waals surface area contributed by atoms with Crippen LogP contribution in [0.15, 0.2) is 18.2 Å². The summed E-state index contributed by atoms with van der Waals surface area (Å²) >= 11 is 5.79. The van der Waals surface area contributed by atoms with E-state index in [1.807, 2.05) is 6.07 Å². The van der Waals surface area contributed by atoms with E-state index in [0.717, 1.165) is 26.1 Å². The molecule has 1 aliphatic heterocycles. The van der Waals surface area contributed by atoms with Crippen molar-refractivity contribution >= 4 is 11.6 Å². The summed E-state index contributed by atoms with van der Waals surface area (Å²) in [5, 5.41) is 3.64. The van der Waals surface area contributed by atoms with E-state index in [1.165, 1.54) is 0 Å². The molecule has 0 bridgehead atoms. The Morgan fingerprint density at radius 2 is 2.35 bits per heavy atom. The Morgan fingerprint density at radius 1 is 1.53 bits per heavy atom. The summed E-state index contributed by atoms with van der Waals surface area (Å²) in [4.78, 5) is 2.28. The highest BCUT2D eigenvalue weighted by atomic mass is 35.5. The highest BCUT2D eigenvalue weighted by Gasteiger charge is 2.16. The van der Waals surface area contributed by atoms with Crippen LogP contribution >= 0.6 is 11.6 Å². The van der Waals surface area contributed by atoms with Crippen molar-refractivity contribution < 1.29 is 4.39 Å². The molecule has 0 amide bonds. The summed E-state index contributed by atoms with van der Waals surface area (Å²) in [6, 6.07) is 5.66. The van der Waals surface area contributed by atoms with Gasteiger partial charge in [-0.15, -0.1) is 0 Å². The van der Waals surface area contributed by atoms with Gasteiger partial charge in [0, 0.05) is 24.7 Å². The van der Waals surface area contributed by atoms with Gasteiger partial charge in [-0.25, -0.2) is 4.39 Å². The maximum Gasteiger partial charge on any atom is 0.146 e. The standard InChI is InChI=1S/C13H18ClFN2/c1-10-8-17(7-3-6-16-10)9-11-4-2-5-12(14)13(11)15/h2,4-5,10,16H,3,6-9H2,1H3. The van der Waals surface area contributed by atoms with Gasteiger partial charge in [0.1, 0.15) is 5.82 Å². The van der Waals surface area contributed by atoms with Crippen LogP contribution in [-0.4, -0.2) is 30.6 Å². The second-order valence-electron chi connectivity index (χ2n) is 4.66. The number of benzene rings is 1. The van der Waals surface area contributed by atoms with Crippen molar-refractivity contribution in [2.24, 2.45) is 0 Å². The van der Waals surface area contributed by atoms with E-state index < -0.39 is 0 Å². The Kier molecular flexibility index (Phi) is 4.37. The van der Waals surface area contributed by atoms with Crippen molar-refractivity contribution in [2.75, 3.05) is 19.6 Å². The minimum Gasteiger partial charge on any atom is -0.313 e. The van der Waals surface area contributed by atoms with Crippen LogP contribution in [0.4, 0.5) is 4.39 Å². The second-order valence-corrected chi connectivity index (χ2v) is 5.06. The molecule has 2 nitrogen and oxygen atoms in total. The molecule has 1 aliphatic rings.